The molecule has 2 aromatic rings. The number of likely N-dealkylation sites (N-methyl/N-ethyl adjacent to an activating group) is 1. The molecule has 2 heterocycles. The Balaban J connectivity index is 1.98. The van der Waals surface area contributed by atoms with Crippen molar-refractivity contribution in [3.63, 3.8) is 0 Å². The highest BCUT2D eigenvalue weighted by Crippen LogP contribution is 2.33. The summed E-state index contributed by atoms with van der Waals surface area (Å²) in [5.41, 5.74) is 2.74. The maximum absolute atomic E-state index is 12.6. The summed E-state index contributed by atoms with van der Waals surface area (Å²) in [6, 6.07) is 11.7. The molecule has 0 N–H and O–H groups in total. The average molecular weight is 267 g/mol. The summed E-state index contributed by atoms with van der Waals surface area (Å²) in [5, 5.41) is 0. The van der Waals surface area contributed by atoms with Gasteiger partial charge in [0, 0.05) is 32.0 Å². The number of benzene rings is 1. The Kier molecular flexibility index (Phi) is 3.37. The Morgan fingerprint density at radius 1 is 1.15 bits per heavy atom. The van der Waals surface area contributed by atoms with E-state index in [1.165, 1.54) is 0 Å². The van der Waals surface area contributed by atoms with Gasteiger partial charge in [-0.05, 0) is 31.2 Å². The van der Waals surface area contributed by atoms with Crippen molar-refractivity contribution in [1.82, 2.24) is 4.98 Å². The van der Waals surface area contributed by atoms with Crippen LogP contribution in [0.25, 0.3) is 0 Å². The minimum Gasteiger partial charge on any atom is -0.368 e. The molecule has 1 aromatic heterocycles. The molecule has 0 aliphatic carbocycles. The monoisotopic (exact) mass is 267 g/mol. The Labute approximate surface area is 118 Å². The van der Waals surface area contributed by atoms with Crippen LogP contribution >= 0.6 is 0 Å². The molecule has 0 spiro atoms. The van der Waals surface area contributed by atoms with Gasteiger partial charge in [-0.25, -0.2) is 0 Å². The number of carbonyl (C=O) groups is 1. The van der Waals surface area contributed by atoms with Crippen molar-refractivity contribution in [3.05, 3.63) is 54.4 Å². The maximum atomic E-state index is 12.6. The first-order valence-electron chi connectivity index (χ1n) is 6.87. The minimum atomic E-state index is 0.0151. The number of nitrogens with zero attached hydrogens (tertiary/aromatic N) is 3. The Hall–Kier alpha value is -2.36. The predicted octanol–water partition coefficient (Wildman–Crippen LogP) is 2.57. The molecule has 1 aromatic carbocycles. The SMILES string of the molecule is CCN1CCN(C(=O)c2cccnc2)c2ccccc21. The summed E-state index contributed by atoms with van der Waals surface area (Å²) in [4.78, 5) is 20.8. The second-order valence-corrected chi connectivity index (χ2v) is 4.77. The fourth-order valence-electron chi connectivity index (χ4n) is 2.61. The molecule has 1 aliphatic heterocycles. The van der Waals surface area contributed by atoms with Crippen LogP contribution in [0.2, 0.25) is 0 Å². The van der Waals surface area contributed by atoms with Crippen molar-refractivity contribution >= 4 is 17.3 Å². The smallest absolute Gasteiger partial charge is 0.259 e. The van der Waals surface area contributed by atoms with Gasteiger partial charge in [-0.1, -0.05) is 12.1 Å². The summed E-state index contributed by atoms with van der Waals surface area (Å²) in [6.07, 6.45) is 3.30. The number of hydrogen-bond acceptors (Lipinski definition) is 3. The summed E-state index contributed by atoms with van der Waals surface area (Å²) >= 11 is 0. The molecular weight excluding hydrogens is 250 g/mol. The molecule has 1 amide bonds. The molecule has 20 heavy (non-hydrogen) atoms. The summed E-state index contributed by atoms with van der Waals surface area (Å²) in [7, 11) is 0. The van der Waals surface area contributed by atoms with E-state index in [0.29, 0.717) is 12.1 Å². The average Bonchev–Trinajstić information content (AvgIpc) is 2.54. The van der Waals surface area contributed by atoms with Crippen LogP contribution in [0.5, 0.6) is 0 Å². The summed E-state index contributed by atoms with van der Waals surface area (Å²) in [6.45, 7) is 4.65. The summed E-state index contributed by atoms with van der Waals surface area (Å²) < 4.78 is 0. The van der Waals surface area contributed by atoms with E-state index in [0.717, 1.165) is 24.5 Å². The molecule has 0 fully saturated rings. The van der Waals surface area contributed by atoms with Crippen molar-refractivity contribution < 1.29 is 4.79 Å². The van der Waals surface area contributed by atoms with Crippen LogP contribution in [0.15, 0.2) is 48.8 Å². The number of hydrogen-bond donors (Lipinski definition) is 0. The molecule has 4 heteroatoms. The van der Waals surface area contributed by atoms with Crippen molar-refractivity contribution in [1.29, 1.82) is 0 Å². The van der Waals surface area contributed by atoms with Gasteiger partial charge in [-0.3, -0.25) is 9.78 Å². The number of rotatable bonds is 2. The Morgan fingerprint density at radius 2 is 1.95 bits per heavy atom. The van der Waals surface area contributed by atoms with Crippen LogP contribution in [-0.2, 0) is 0 Å². The molecule has 0 saturated carbocycles. The van der Waals surface area contributed by atoms with Crippen LogP contribution in [0.4, 0.5) is 11.4 Å². The van der Waals surface area contributed by atoms with Gasteiger partial charge in [0.15, 0.2) is 0 Å². The van der Waals surface area contributed by atoms with Crippen molar-refractivity contribution in [2.24, 2.45) is 0 Å². The lowest BCUT2D eigenvalue weighted by Gasteiger charge is -2.37. The molecule has 0 atom stereocenters. The normalized spacial score (nSPS) is 14.1. The second-order valence-electron chi connectivity index (χ2n) is 4.77. The quantitative estimate of drug-likeness (QED) is 0.839. The topological polar surface area (TPSA) is 36.4 Å². The first-order valence-corrected chi connectivity index (χ1v) is 6.87. The molecule has 0 unspecified atom stereocenters. The first-order chi connectivity index (χ1) is 9.81. The first kappa shape index (κ1) is 12.7. The number of fused-ring (bicyclic) bond motifs is 1. The molecular formula is C16H17N3O. The van der Waals surface area contributed by atoms with E-state index < -0.39 is 0 Å². The molecule has 0 radical (unpaired) electrons. The van der Waals surface area contributed by atoms with Gasteiger partial charge in [0.25, 0.3) is 5.91 Å². The number of aromatic nitrogens is 1. The lowest BCUT2D eigenvalue weighted by molar-refractivity contribution is 0.0986. The van der Waals surface area contributed by atoms with E-state index in [1.54, 1.807) is 18.5 Å². The lowest BCUT2D eigenvalue weighted by Crippen LogP contribution is -2.44. The fourth-order valence-corrected chi connectivity index (χ4v) is 2.61. The third kappa shape index (κ3) is 2.13. The van der Waals surface area contributed by atoms with Gasteiger partial charge < -0.3 is 9.80 Å². The molecule has 0 saturated heterocycles. The van der Waals surface area contributed by atoms with E-state index in [9.17, 15) is 4.79 Å². The number of anilines is 2. The molecule has 0 bridgehead atoms. The number of para-hydroxylation sites is 2. The third-order valence-corrected chi connectivity index (χ3v) is 3.64. The van der Waals surface area contributed by atoms with E-state index in [4.69, 9.17) is 0 Å². The minimum absolute atomic E-state index is 0.0151. The van der Waals surface area contributed by atoms with Crippen LogP contribution < -0.4 is 9.80 Å². The number of pyridine rings is 1. The number of carbonyl (C=O) groups excluding carboxylic acids is 1. The Bertz CT molecular complexity index is 612. The molecule has 3 rings (SSSR count). The van der Waals surface area contributed by atoms with Gasteiger partial charge in [0.2, 0.25) is 0 Å². The second kappa shape index (κ2) is 5.33. The third-order valence-electron chi connectivity index (χ3n) is 3.64. The lowest BCUT2D eigenvalue weighted by atomic mass is 10.1. The zero-order chi connectivity index (χ0) is 13.9. The van der Waals surface area contributed by atoms with Crippen molar-refractivity contribution in [2.75, 3.05) is 29.4 Å². The van der Waals surface area contributed by atoms with Gasteiger partial charge in [-0.15, -0.1) is 0 Å². The zero-order valence-electron chi connectivity index (χ0n) is 11.5. The molecule has 1 aliphatic rings. The van der Waals surface area contributed by atoms with Crippen LogP contribution in [-0.4, -0.2) is 30.5 Å². The van der Waals surface area contributed by atoms with Gasteiger partial charge in [0.05, 0.1) is 16.9 Å². The molecule has 4 nitrogen and oxygen atoms in total. The highest BCUT2D eigenvalue weighted by molar-refractivity contribution is 6.08. The van der Waals surface area contributed by atoms with E-state index in [1.807, 2.05) is 29.2 Å². The largest absolute Gasteiger partial charge is 0.368 e. The number of amides is 1. The van der Waals surface area contributed by atoms with E-state index in [2.05, 4.69) is 22.9 Å². The van der Waals surface area contributed by atoms with Crippen LogP contribution in [0.1, 0.15) is 17.3 Å². The van der Waals surface area contributed by atoms with Gasteiger partial charge in [0.1, 0.15) is 0 Å². The van der Waals surface area contributed by atoms with Gasteiger partial charge in [-0.2, -0.15) is 0 Å². The molecule has 102 valence electrons. The van der Waals surface area contributed by atoms with Crippen molar-refractivity contribution in [2.45, 2.75) is 6.92 Å². The Morgan fingerprint density at radius 3 is 2.65 bits per heavy atom. The van der Waals surface area contributed by atoms with Crippen molar-refractivity contribution in [3.8, 4) is 0 Å². The highest BCUT2D eigenvalue weighted by Gasteiger charge is 2.26. The van der Waals surface area contributed by atoms with E-state index >= 15 is 0 Å². The predicted molar refractivity (Wildman–Crippen MR) is 80.2 cm³/mol. The highest BCUT2D eigenvalue weighted by atomic mass is 16.2. The summed E-state index contributed by atoms with van der Waals surface area (Å²) in [5.74, 6) is 0.0151. The van der Waals surface area contributed by atoms with Crippen LogP contribution in [0.3, 0.4) is 0 Å². The maximum Gasteiger partial charge on any atom is 0.259 e. The van der Waals surface area contributed by atoms with E-state index in [-0.39, 0.29) is 5.91 Å². The fraction of sp³-hybridized carbons (Fsp3) is 0.250. The standard InChI is InChI=1S/C16H17N3O/c1-2-18-10-11-19(15-8-4-3-7-14(15)18)16(20)13-6-5-9-17-12-13/h3-9,12H,2,10-11H2,1H3. The van der Waals surface area contributed by atoms with Crippen LogP contribution in [0, 0.1) is 0 Å². The van der Waals surface area contributed by atoms with Gasteiger partial charge >= 0.3 is 0 Å². The zero-order valence-corrected chi connectivity index (χ0v) is 11.5.